The molecule has 0 bridgehead atoms. The van der Waals surface area contributed by atoms with Gasteiger partial charge in [0, 0.05) is 41.7 Å². The van der Waals surface area contributed by atoms with Gasteiger partial charge in [-0.25, -0.2) is 0 Å². The van der Waals surface area contributed by atoms with Gasteiger partial charge in [0.15, 0.2) is 0 Å². The molecule has 2 heterocycles. The molecule has 2 nitrogen and oxygen atoms in total. The Morgan fingerprint density at radius 1 is 0.643 bits per heavy atom. The van der Waals surface area contributed by atoms with Gasteiger partial charge in [-0.15, -0.1) is 0 Å². The molecule has 0 unspecified atom stereocenters. The van der Waals surface area contributed by atoms with E-state index in [1.54, 1.807) is 0 Å². The summed E-state index contributed by atoms with van der Waals surface area (Å²) in [5, 5.41) is 5.05. The van der Waals surface area contributed by atoms with Crippen molar-refractivity contribution in [3.05, 3.63) is 87.8 Å². The summed E-state index contributed by atoms with van der Waals surface area (Å²) in [5.74, 6) is 0. The van der Waals surface area contributed by atoms with Gasteiger partial charge in [-0.1, -0.05) is 74.3 Å². The van der Waals surface area contributed by atoms with E-state index in [4.69, 9.17) is 0 Å². The van der Waals surface area contributed by atoms with E-state index < -0.39 is 0 Å². The second kappa shape index (κ2) is 5.97. The second-order valence-electron chi connectivity index (χ2n) is 7.03. The number of benzene rings is 4. The lowest BCUT2D eigenvalue weighted by Crippen LogP contribution is -1.93. The van der Waals surface area contributed by atoms with E-state index in [1.165, 1.54) is 43.6 Å². The minimum absolute atomic E-state index is 1.05. The van der Waals surface area contributed by atoms with Gasteiger partial charge >= 0.3 is 0 Å². The van der Waals surface area contributed by atoms with Crippen LogP contribution in [0.4, 0.5) is 0 Å². The third-order valence-electron chi connectivity index (χ3n) is 5.42. The number of para-hydroxylation sites is 2. The van der Waals surface area contributed by atoms with E-state index >= 15 is 0 Å². The number of aromatic amines is 1. The van der Waals surface area contributed by atoms with Gasteiger partial charge in [-0.05, 0) is 36.4 Å². The number of halogens is 2. The summed E-state index contributed by atoms with van der Waals surface area (Å²) >= 11 is 7.28. The fourth-order valence-electron chi connectivity index (χ4n) is 4.32. The molecule has 0 aliphatic carbocycles. The van der Waals surface area contributed by atoms with E-state index in [0.717, 1.165) is 14.6 Å². The standard InChI is InChI=1S/C24H14Br2N2/c25-14-11-15(26)13-16(12-14)28-21-8-4-2-6-19(21)23-22(28)10-9-18-17-5-1-3-7-20(17)27-24(18)23/h1-13,27H. The third kappa shape index (κ3) is 2.25. The molecule has 0 radical (unpaired) electrons. The molecule has 0 spiro atoms. The third-order valence-corrected chi connectivity index (χ3v) is 6.34. The van der Waals surface area contributed by atoms with Crippen LogP contribution in [0, 0.1) is 0 Å². The summed E-state index contributed by atoms with van der Waals surface area (Å²) < 4.78 is 4.44. The number of hydrogen-bond acceptors (Lipinski definition) is 0. The summed E-state index contributed by atoms with van der Waals surface area (Å²) in [5.41, 5.74) is 5.90. The monoisotopic (exact) mass is 488 g/mol. The molecule has 0 atom stereocenters. The summed E-state index contributed by atoms with van der Waals surface area (Å²) in [4.78, 5) is 3.67. The quantitative estimate of drug-likeness (QED) is 0.242. The number of nitrogens with zero attached hydrogens (tertiary/aromatic N) is 1. The first-order chi connectivity index (χ1) is 13.7. The van der Waals surface area contributed by atoms with Crippen LogP contribution in [0.1, 0.15) is 0 Å². The van der Waals surface area contributed by atoms with Gasteiger partial charge in [0.25, 0.3) is 0 Å². The van der Waals surface area contributed by atoms with Gasteiger partial charge in [0.05, 0.1) is 16.6 Å². The zero-order chi connectivity index (χ0) is 18.8. The molecule has 4 aromatic carbocycles. The fraction of sp³-hybridized carbons (Fsp3) is 0. The van der Waals surface area contributed by atoms with Crippen molar-refractivity contribution in [2.75, 3.05) is 0 Å². The Bertz CT molecular complexity index is 1520. The average Bonchev–Trinajstić information content (AvgIpc) is 3.22. The van der Waals surface area contributed by atoms with Crippen molar-refractivity contribution in [3.63, 3.8) is 0 Å². The average molecular weight is 490 g/mol. The minimum Gasteiger partial charge on any atom is -0.354 e. The number of rotatable bonds is 1. The van der Waals surface area contributed by atoms with Crippen molar-refractivity contribution >= 4 is 75.5 Å². The highest BCUT2D eigenvalue weighted by Gasteiger charge is 2.17. The lowest BCUT2D eigenvalue weighted by Gasteiger charge is -2.09. The first kappa shape index (κ1) is 16.4. The first-order valence-electron chi connectivity index (χ1n) is 9.10. The zero-order valence-corrected chi connectivity index (χ0v) is 17.9. The van der Waals surface area contributed by atoms with Gasteiger partial charge in [-0.2, -0.15) is 0 Å². The molecule has 6 rings (SSSR count). The van der Waals surface area contributed by atoms with Crippen LogP contribution in [0.5, 0.6) is 0 Å². The molecule has 0 fully saturated rings. The SMILES string of the molecule is Brc1cc(Br)cc(-n2c3ccccc3c3c4[nH]c5ccccc5c4ccc32)c1. The van der Waals surface area contributed by atoms with Crippen LogP contribution in [-0.4, -0.2) is 9.55 Å². The molecule has 0 saturated heterocycles. The second-order valence-corrected chi connectivity index (χ2v) is 8.86. The van der Waals surface area contributed by atoms with E-state index in [2.05, 4.69) is 120 Å². The van der Waals surface area contributed by atoms with E-state index in [-0.39, 0.29) is 0 Å². The smallest absolute Gasteiger partial charge is 0.0566 e. The van der Waals surface area contributed by atoms with Crippen LogP contribution in [0.25, 0.3) is 49.3 Å². The summed E-state index contributed by atoms with van der Waals surface area (Å²) in [6.07, 6.45) is 0. The highest BCUT2D eigenvalue weighted by molar-refractivity contribution is 9.11. The van der Waals surface area contributed by atoms with Gasteiger partial charge in [-0.3, -0.25) is 0 Å². The van der Waals surface area contributed by atoms with Crippen LogP contribution in [0.3, 0.4) is 0 Å². The molecule has 4 heteroatoms. The van der Waals surface area contributed by atoms with Gasteiger partial charge < -0.3 is 9.55 Å². The van der Waals surface area contributed by atoms with Crippen LogP contribution < -0.4 is 0 Å². The molecular formula is C24H14Br2N2. The van der Waals surface area contributed by atoms with Crippen molar-refractivity contribution in [1.29, 1.82) is 0 Å². The normalized spacial score (nSPS) is 11.9. The molecule has 2 aromatic heterocycles. The Balaban J connectivity index is 1.85. The van der Waals surface area contributed by atoms with E-state index in [9.17, 15) is 0 Å². The van der Waals surface area contributed by atoms with Crippen molar-refractivity contribution in [2.24, 2.45) is 0 Å². The van der Waals surface area contributed by atoms with Gasteiger partial charge in [0.1, 0.15) is 0 Å². The number of aromatic nitrogens is 2. The molecule has 1 N–H and O–H groups in total. The number of fused-ring (bicyclic) bond motifs is 7. The molecule has 0 aliphatic rings. The minimum atomic E-state index is 1.05. The summed E-state index contributed by atoms with van der Waals surface area (Å²) in [6.45, 7) is 0. The fourth-order valence-corrected chi connectivity index (χ4v) is 5.59. The molecule has 0 amide bonds. The van der Waals surface area contributed by atoms with Crippen LogP contribution >= 0.6 is 31.9 Å². The number of hydrogen-bond donors (Lipinski definition) is 1. The Morgan fingerprint density at radius 2 is 1.36 bits per heavy atom. The predicted molar refractivity (Wildman–Crippen MR) is 126 cm³/mol. The van der Waals surface area contributed by atoms with E-state index in [1.807, 2.05) is 0 Å². The molecule has 6 aromatic rings. The van der Waals surface area contributed by atoms with Crippen molar-refractivity contribution in [3.8, 4) is 5.69 Å². The summed E-state index contributed by atoms with van der Waals surface area (Å²) in [7, 11) is 0. The highest BCUT2D eigenvalue weighted by Crippen LogP contribution is 2.39. The molecule has 28 heavy (non-hydrogen) atoms. The van der Waals surface area contributed by atoms with Gasteiger partial charge in [0.2, 0.25) is 0 Å². The lowest BCUT2D eigenvalue weighted by molar-refractivity contribution is 1.17. The Labute approximate surface area is 178 Å². The Morgan fingerprint density at radius 3 is 2.18 bits per heavy atom. The maximum Gasteiger partial charge on any atom is 0.0566 e. The molecule has 0 saturated carbocycles. The predicted octanol–water partition coefficient (Wildman–Crippen LogP) is 7.94. The Kier molecular flexibility index (Phi) is 3.49. The lowest BCUT2D eigenvalue weighted by atomic mass is 10.1. The van der Waals surface area contributed by atoms with Crippen LogP contribution in [-0.2, 0) is 0 Å². The largest absolute Gasteiger partial charge is 0.354 e. The van der Waals surface area contributed by atoms with Crippen LogP contribution in [0.2, 0.25) is 0 Å². The number of nitrogens with one attached hydrogen (secondary N) is 1. The van der Waals surface area contributed by atoms with Crippen molar-refractivity contribution < 1.29 is 0 Å². The van der Waals surface area contributed by atoms with E-state index in [0.29, 0.717) is 0 Å². The summed E-state index contributed by atoms with van der Waals surface area (Å²) in [6, 6.07) is 28.0. The molecule has 0 aliphatic heterocycles. The zero-order valence-electron chi connectivity index (χ0n) is 14.7. The first-order valence-corrected chi connectivity index (χ1v) is 10.7. The highest BCUT2D eigenvalue weighted by atomic mass is 79.9. The number of H-pyrrole nitrogens is 1. The molecular weight excluding hydrogens is 476 g/mol. The van der Waals surface area contributed by atoms with Crippen molar-refractivity contribution in [2.45, 2.75) is 0 Å². The Hall–Kier alpha value is -2.56. The van der Waals surface area contributed by atoms with Crippen molar-refractivity contribution in [1.82, 2.24) is 9.55 Å². The van der Waals surface area contributed by atoms with Crippen LogP contribution in [0.15, 0.2) is 87.8 Å². The molecule has 134 valence electrons. The maximum atomic E-state index is 3.67. The maximum absolute atomic E-state index is 3.67. The topological polar surface area (TPSA) is 20.7 Å².